The zero-order chi connectivity index (χ0) is 19.6. The van der Waals surface area contributed by atoms with Crippen molar-refractivity contribution in [3.63, 3.8) is 0 Å². The summed E-state index contributed by atoms with van der Waals surface area (Å²) >= 11 is 11.7. The van der Waals surface area contributed by atoms with Gasteiger partial charge in [0, 0.05) is 10.0 Å². The van der Waals surface area contributed by atoms with E-state index in [4.69, 9.17) is 27.9 Å². The molecule has 0 heterocycles. The fourth-order valence-electron chi connectivity index (χ4n) is 2.33. The van der Waals surface area contributed by atoms with Crippen molar-refractivity contribution in [1.29, 1.82) is 0 Å². The SMILES string of the molecule is Cc1cc(OC(C)C(=O)Nc2ccc(Cl)cc2C(F)(F)F)cc(C)c1Cl. The van der Waals surface area contributed by atoms with Crippen LogP contribution >= 0.6 is 23.2 Å². The van der Waals surface area contributed by atoms with Gasteiger partial charge in [-0.25, -0.2) is 0 Å². The summed E-state index contributed by atoms with van der Waals surface area (Å²) in [5, 5.41) is 2.75. The molecule has 2 aromatic rings. The number of nitrogens with one attached hydrogen (secondary N) is 1. The second-order valence-electron chi connectivity index (χ2n) is 5.81. The minimum atomic E-state index is -4.65. The molecular formula is C18H16Cl2F3NO2. The van der Waals surface area contributed by atoms with E-state index in [9.17, 15) is 18.0 Å². The van der Waals surface area contributed by atoms with Crippen LogP contribution in [0.15, 0.2) is 30.3 Å². The van der Waals surface area contributed by atoms with Crippen LogP contribution < -0.4 is 10.1 Å². The molecule has 1 N–H and O–H groups in total. The number of anilines is 1. The summed E-state index contributed by atoms with van der Waals surface area (Å²) in [6.07, 6.45) is -5.67. The highest BCUT2D eigenvalue weighted by molar-refractivity contribution is 6.32. The third-order valence-electron chi connectivity index (χ3n) is 3.64. The Bertz CT molecular complexity index is 815. The number of alkyl halides is 3. The van der Waals surface area contributed by atoms with E-state index in [2.05, 4.69) is 5.32 Å². The van der Waals surface area contributed by atoms with Crippen LogP contribution in [-0.4, -0.2) is 12.0 Å². The van der Waals surface area contributed by atoms with Crippen LogP contribution in [0.4, 0.5) is 18.9 Å². The highest BCUT2D eigenvalue weighted by Gasteiger charge is 2.34. The Hall–Kier alpha value is -1.92. The number of amides is 1. The van der Waals surface area contributed by atoms with Gasteiger partial charge in [0.15, 0.2) is 6.10 Å². The highest BCUT2D eigenvalue weighted by atomic mass is 35.5. The lowest BCUT2D eigenvalue weighted by Crippen LogP contribution is -2.31. The molecule has 3 nitrogen and oxygen atoms in total. The molecule has 1 atom stereocenters. The number of ether oxygens (including phenoxy) is 1. The second-order valence-corrected chi connectivity index (χ2v) is 6.62. The van der Waals surface area contributed by atoms with Gasteiger partial charge in [0.25, 0.3) is 5.91 Å². The number of halogens is 5. The minimum Gasteiger partial charge on any atom is -0.481 e. The van der Waals surface area contributed by atoms with Crippen LogP contribution in [0.3, 0.4) is 0 Å². The molecule has 1 amide bonds. The Balaban J connectivity index is 2.18. The fraction of sp³-hybridized carbons (Fsp3) is 0.278. The molecule has 0 fully saturated rings. The highest BCUT2D eigenvalue weighted by Crippen LogP contribution is 2.36. The largest absolute Gasteiger partial charge is 0.481 e. The van der Waals surface area contributed by atoms with Gasteiger partial charge in [-0.3, -0.25) is 4.79 Å². The molecular weight excluding hydrogens is 390 g/mol. The lowest BCUT2D eigenvalue weighted by Gasteiger charge is -2.18. The van der Waals surface area contributed by atoms with Gasteiger partial charge in [-0.05, 0) is 62.2 Å². The zero-order valence-electron chi connectivity index (χ0n) is 14.2. The Morgan fingerprint density at radius 1 is 1.12 bits per heavy atom. The number of hydrogen-bond donors (Lipinski definition) is 1. The van der Waals surface area contributed by atoms with E-state index in [1.54, 1.807) is 26.0 Å². The number of hydrogen-bond acceptors (Lipinski definition) is 2. The average molecular weight is 406 g/mol. The summed E-state index contributed by atoms with van der Waals surface area (Å²) in [4.78, 5) is 12.3. The van der Waals surface area contributed by atoms with Crippen molar-refractivity contribution in [2.24, 2.45) is 0 Å². The number of carbonyl (C=O) groups excluding carboxylic acids is 1. The molecule has 1 unspecified atom stereocenters. The molecule has 0 saturated heterocycles. The zero-order valence-corrected chi connectivity index (χ0v) is 15.7. The molecule has 8 heteroatoms. The van der Waals surface area contributed by atoms with E-state index in [1.807, 2.05) is 0 Å². The van der Waals surface area contributed by atoms with Gasteiger partial charge in [0.05, 0.1) is 11.3 Å². The molecule has 0 aliphatic rings. The first-order valence-electron chi connectivity index (χ1n) is 7.60. The summed E-state index contributed by atoms with van der Waals surface area (Å²) < 4.78 is 44.8. The Morgan fingerprint density at radius 2 is 1.69 bits per heavy atom. The lowest BCUT2D eigenvalue weighted by molar-refractivity contribution is -0.137. The topological polar surface area (TPSA) is 38.3 Å². The predicted octanol–water partition coefficient (Wildman–Crippen LogP) is 6.04. The Morgan fingerprint density at radius 3 is 2.23 bits per heavy atom. The fourth-order valence-corrected chi connectivity index (χ4v) is 2.61. The molecule has 26 heavy (non-hydrogen) atoms. The van der Waals surface area contributed by atoms with Crippen molar-refractivity contribution in [3.05, 3.63) is 57.1 Å². The number of carbonyl (C=O) groups is 1. The quantitative estimate of drug-likeness (QED) is 0.673. The second kappa shape index (κ2) is 7.76. The first-order chi connectivity index (χ1) is 12.0. The van der Waals surface area contributed by atoms with Crippen molar-refractivity contribution >= 4 is 34.8 Å². The summed E-state index contributed by atoms with van der Waals surface area (Å²) in [5.74, 6) is -0.317. The average Bonchev–Trinajstić information content (AvgIpc) is 2.53. The third kappa shape index (κ3) is 4.83. The van der Waals surface area contributed by atoms with Gasteiger partial charge >= 0.3 is 6.18 Å². The van der Waals surface area contributed by atoms with E-state index < -0.39 is 23.8 Å². The molecule has 0 spiro atoms. The van der Waals surface area contributed by atoms with Gasteiger partial charge in [0.2, 0.25) is 0 Å². The van der Waals surface area contributed by atoms with E-state index in [1.165, 1.54) is 13.0 Å². The molecule has 0 radical (unpaired) electrons. The van der Waals surface area contributed by atoms with Gasteiger partial charge in [0.1, 0.15) is 5.75 Å². The number of rotatable bonds is 4. The van der Waals surface area contributed by atoms with Crippen molar-refractivity contribution in [2.75, 3.05) is 5.32 Å². The summed E-state index contributed by atoms with van der Waals surface area (Å²) in [7, 11) is 0. The van der Waals surface area contributed by atoms with Crippen molar-refractivity contribution < 1.29 is 22.7 Å². The molecule has 0 bridgehead atoms. The van der Waals surface area contributed by atoms with Crippen LogP contribution in [-0.2, 0) is 11.0 Å². The van der Waals surface area contributed by atoms with Crippen molar-refractivity contribution in [1.82, 2.24) is 0 Å². The molecule has 0 aromatic heterocycles. The molecule has 0 aliphatic carbocycles. The molecule has 2 rings (SSSR count). The normalized spacial score (nSPS) is 12.6. The summed E-state index contributed by atoms with van der Waals surface area (Å²) in [5.41, 5.74) is 0.132. The van der Waals surface area contributed by atoms with Crippen LogP contribution in [0.25, 0.3) is 0 Å². The summed E-state index contributed by atoms with van der Waals surface area (Å²) in [6.45, 7) is 5.02. The van der Waals surface area contributed by atoms with E-state index in [0.29, 0.717) is 10.8 Å². The van der Waals surface area contributed by atoms with Crippen molar-refractivity contribution in [3.8, 4) is 5.75 Å². The van der Waals surface area contributed by atoms with Gasteiger partial charge < -0.3 is 10.1 Å². The van der Waals surface area contributed by atoms with Crippen LogP contribution in [0.1, 0.15) is 23.6 Å². The third-order valence-corrected chi connectivity index (χ3v) is 4.47. The first-order valence-corrected chi connectivity index (χ1v) is 8.35. The number of benzene rings is 2. The van der Waals surface area contributed by atoms with Crippen molar-refractivity contribution in [2.45, 2.75) is 33.1 Å². The standard InChI is InChI=1S/C18H16Cl2F3NO2/c1-9-6-13(7-10(2)16(9)20)26-11(3)17(25)24-15-5-4-12(19)8-14(15)18(21,22)23/h4-8,11H,1-3H3,(H,24,25). The van der Waals surface area contributed by atoms with Crippen LogP contribution in [0.2, 0.25) is 10.0 Å². The van der Waals surface area contributed by atoms with Crippen LogP contribution in [0, 0.1) is 13.8 Å². The Kier molecular flexibility index (Phi) is 6.09. The predicted molar refractivity (Wildman–Crippen MR) is 96.1 cm³/mol. The van der Waals surface area contributed by atoms with Gasteiger partial charge in [-0.15, -0.1) is 0 Å². The van der Waals surface area contributed by atoms with E-state index >= 15 is 0 Å². The smallest absolute Gasteiger partial charge is 0.418 e. The Labute approximate surface area is 159 Å². The molecule has 2 aromatic carbocycles. The lowest BCUT2D eigenvalue weighted by atomic mass is 10.1. The van der Waals surface area contributed by atoms with Crippen LogP contribution in [0.5, 0.6) is 5.75 Å². The molecule has 0 saturated carbocycles. The minimum absolute atomic E-state index is 0.0771. The maximum absolute atomic E-state index is 13.1. The molecule has 0 aliphatic heterocycles. The van der Waals surface area contributed by atoms with Gasteiger partial charge in [-0.2, -0.15) is 13.2 Å². The number of aryl methyl sites for hydroxylation is 2. The molecule has 140 valence electrons. The van der Waals surface area contributed by atoms with E-state index in [0.717, 1.165) is 23.3 Å². The first kappa shape index (κ1) is 20.4. The van der Waals surface area contributed by atoms with Gasteiger partial charge in [-0.1, -0.05) is 23.2 Å². The maximum Gasteiger partial charge on any atom is 0.418 e. The summed E-state index contributed by atoms with van der Waals surface area (Å²) in [6, 6.07) is 6.44. The van der Waals surface area contributed by atoms with E-state index in [-0.39, 0.29) is 10.7 Å². The monoisotopic (exact) mass is 405 g/mol. The maximum atomic E-state index is 13.1.